The molecule has 1 aromatic carbocycles. The Kier molecular flexibility index (Phi) is 6.61. The lowest BCUT2D eigenvalue weighted by molar-refractivity contribution is -0.130. The van der Waals surface area contributed by atoms with Crippen LogP contribution in [0.1, 0.15) is 40.2 Å². The molecule has 0 fully saturated rings. The van der Waals surface area contributed by atoms with Crippen LogP contribution in [0.4, 0.5) is 11.4 Å². The number of rotatable bonds is 6. The van der Waals surface area contributed by atoms with E-state index in [0.717, 1.165) is 30.0 Å². The van der Waals surface area contributed by atoms with Crippen molar-refractivity contribution in [3.63, 3.8) is 0 Å². The van der Waals surface area contributed by atoms with Crippen LogP contribution >= 0.6 is 0 Å². The number of hydrogen-bond donors (Lipinski definition) is 2. The van der Waals surface area contributed by atoms with Crippen LogP contribution in [-0.2, 0) is 9.59 Å². The molecule has 1 aromatic rings. The maximum atomic E-state index is 12.0. The molecule has 0 saturated heterocycles. The smallest absolute Gasteiger partial charge is 0.243 e. The zero-order valence-electron chi connectivity index (χ0n) is 15.1. The Hall–Kier alpha value is -2.04. The van der Waals surface area contributed by atoms with Gasteiger partial charge in [-0.25, -0.2) is 0 Å². The van der Waals surface area contributed by atoms with Crippen LogP contribution in [-0.4, -0.2) is 31.4 Å². The molecule has 0 heterocycles. The van der Waals surface area contributed by atoms with Crippen molar-refractivity contribution in [3.8, 4) is 0 Å². The molecule has 0 aliphatic rings. The molecule has 2 N–H and O–H groups in total. The number of nitrogens with one attached hydrogen (secondary N) is 2. The van der Waals surface area contributed by atoms with E-state index in [2.05, 4.69) is 35.4 Å². The molecular formula is C18H29N3O2. The number of amides is 2. The average Bonchev–Trinajstić information content (AvgIpc) is 2.47. The van der Waals surface area contributed by atoms with Crippen molar-refractivity contribution < 1.29 is 9.59 Å². The topological polar surface area (TPSA) is 61.4 Å². The third-order valence-electron chi connectivity index (χ3n) is 3.70. The molecule has 5 nitrogen and oxygen atoms in total. The highest BCUT2D eigenvalue weighted by atomic mass is 16.2. The van der Waals surface area contributed by atoms with Crippen LogP contribution in [0.25, 0.3) is 0 Å². The van der Waals surface area contributed by atoms with E-state index in [1.807, 2.05) is 39.8 Å². The van der Waals surface area contributed by atoms with Crippen molar-refractivity contribution in [1.82, 2.24) is 5.32 Å². The summed E-state index contributed by atoms with van der Waals surface area (Å²) in [4.78, 5) is 26.0. The number of benzene rings is 1. The van der Waals surface area contributed by atoms with Crippen molar-refractivity contribution in [3.05, 3.63) is 23.8 Å². The Morgan fingerprint density at radius 2 is 1.74 bits per heavy atom. The van der Waals surface area contributed by atoms with E-state index in [-0.39, 0.29) is 18.4 Å². The van der Waals surface area contributed by atoms with Crippen molar-refractivity contribution in [2.75, 3.05) is 29.9 Å². The predicted molar refractivity (Wildman–Crippen MR) is 95.8 cm³/mol. The quantitative estimate of drug-likeness (QED) is 0.847. The van der Waals surface area contributed by atoms with E-state index in [1.54, 1.807) is 0 Å². The van der Waals surface area contributed by atoms with Crippen LogP contribution in [0.3, 0.4) is 0 Å². The highest BCUT2D eigenvalue weighted by Crippen LogP contribution is 2.22. The fourth-order valence-corrected chi connectivity index (χ4v) is 2.19. The molecule has 1 rings (SSSR count). The van der Waals surface area contributed by atoms with Crippen LogP contribution in [0.15, 0.2) is 18.2 Å². The first-order valence-corrected chi connectivity index (χ1v) is 8.12. The lowest BCUT2D eigenvalue weighted by Crippen LogP contribution is -2.39. The third kappa shape index (κ3) is 5.58. The molecule has 0 bridgehead atoms. The summed E-state index contributed by atoms with van der Waals surface area (Å²) >= 11 is 0. The van der Waals surface area contributed by atoms with Crippen LogP contribution < -0.4 is 15.5 Å². The molecule has 0 unspecified atom stereocenters. The first-order valence-electron chi connectivity index (χ1n) is 8.12. The normalized spacial score (nSPS) is 11.0. The number of carbonyl (C=O) groups is 2. The molecular weight excluding hydrogens is 290 g/mol. The second kappa shape index (κ2) is 7.99. The fraction of sp³-hybridized carbons (Fsp3) is 0.556. The zero-order chi connectivity index (χ0) is 17.6. The summed E-state index contributed by atoms with van der Waals surface area (Å²) in [6, 6.07) is 5.98. The van der Waals surface area contributed by atoms with Crippen molar-refractivity contribution in [2.24, 2.45) is 5.41 Å². The molecule has 0 aliphatic carbocycles. The maximum absolute atomic E-state index is 12.0. The Balaban J connectivity index is 2.67. The SMILES string of the molecule is CCN(CC)c1ccc(NC(=O)CNC(=O)C(C)(C)C)c(C)c1. The Morgan fingerprint density at radius 1 is 1.13 bits per heavy atom. The van der Waals surface area contributed by atoms with Gasteiger partial charge in [0, 0.05) is 29.9 Å². The fourth-order valence-electron chi connectivity index (χ4n) is 2.19. The molecule has 5 heteroatoms. The number of carbonyl (C=O) groups excluding carboxylic acids is 2. The molecule has 0 radical (unpaired) electrons. The van der Waals surface area contributed by atoms with Gasteiger partial charge < -0.3 is 15.5 Å². The van der Waals surface area contributed by atoms with Gasteiger partial charge in [0.05, 0.1) is 6.54 Å². The van der Waals surface area contributed by atoms with E-state index in [0.29, 0.717) is 0 Å². The first-order chi connectivity index (χ1) is 10.7. The summed E-state index contributed by atoms with van der Waals surface area (Å²) < 4.78 is 0. The molecule has 23 heavy (non-hydrogen) atoms. The Bertz CT molecular complexity index is 558. The van der Waals surface area contributed by atoms with Gasteiger partial charge in [0.1, 0.15) is 0 Å². The molecule has 0 aliphatic heterocycles. The minimum absolute atomic E-state index is 0.0205. The van der Waals surface area contributed by atoms with Crippen molar-refractivity contribution in [1.29, 1.82) is 0 Å². The minimum Gasteiger partial charge on any atom is -0.372 e. The van der Waals surface area contributed by atoms with E-state index >= 15 is 0 Å². The van der Waals surface area contributed by atoms with Crippen molar-refractivity contribution >= 4 is 23.2 Å². The maximum Gasteiger partial charge on any atom is 0.243 e. The number of nitrogens with zero attached hydrogens (tertiary/aromatic N) is 1. The predicted octanol–water partition coefficient (Wildman–Crippen LogP) is 2.94. The summed E-state index contributed by atoms with van der Waals surface area (Å²) in [5, 5.41) is 5.50. The third-order valence-corrected chi connectivity index (χ3v) is 3.70. The molecule has 2 amide bonds. The molecule has 0 aromatic heterocycles. The first kappa shape index (κ1) is 19.0. The van der Waals surface area contributed by atoms with Crippen molar-refractivity contribution in [2.45, 2.75) is 41.5 Å². The lowest BCUT2D eigenvalue weighted by atomic mass is 9.96. The van der Waals surface area contributed by atoms with E-state index in [1.165, 1.54) is 0 Å². The molecule has 0 saturated carbocycles. The Morgan fingerprint density at radius 3 is 2.22 bits per heavy atom. The summed E-state index contributed by atoms with van der Waals surface area (Å²) in [7, 11) is 0. The Labute approximate surface area is 139 Å². The summed E-state index contributed by atoms with van der Waals surface area (Å²) in [5.74, 6) is -0.359. The molecule has 0 atom stereocenters. The zero-order valence-corrected chi connectivity index (χ0v) is 15.1. The summed E-state index contributed by atoms with van der Waals surface area (Å²) in [6.07, 6.45) is 0. The van der Waals surface area contributed by atoms with Gasteiger partial charge in [-0.3, -0.25) is 9.59 Å². The lowest BCUT2D eigenvalue weighted by Gasteiger charge is -2.22. The van der Waals surface area contributed by atoms with Crippen LogP contribution in [0.5, 0.6) is 0 Å². The number of anilines is 2. The summed E-state index contributed by atoms with van der Waals surface area (Å²) in [6.45, 7) is 13.5. The minimum atomic E-state index is -0.498. The highest BCUT2D eigenvalue weighted by molar-refractivity contribution is 5.95. The van der Waals surface area contributed by atoms with Gasteiger partial charge in [0.15, 0.2) is 0 Å². The monoisotopic (exact) mass is 319 g/mol. The second-order valence-electron chi connectivity index (χ2n) is 6.65. The van der Waals surface area contributed by atoms with Gasteiger partial charge in [-0.15, -0.1) is 0 Å². The standard InChI is InChI=1S/C18H29N3O2/c1-7-21(8-2)14-9-10-15(13(3)11-14)20-16(22)12-19-17(23)18(4,5)6/h9-11H,7-8,12H2,1-6H3,(H,19,23)(H,20,22). The van der Waals surface area contributed by atoms with Gasteiger partial charge in [-0.2, -0.15) is 0 Å². The van der Waals surface area contributed by atoms with Crippen LogP contribution in [0, 0.1) is 12.3 Å². The van der Waals surface area contributed by atoms with Gasteiger partial charge in [0.2, 0.25) is 11.8 Å². The second-order valence-corrected chi connectivity index (χ2v) is 6.65. The van der Waals surface area contributed by atoms with Gasteiger partial charge >= 0.3 is 0 Å². The number of aryl methyl sites for hydroxylation is 1. The van der Waals surface area contributed by atoms with E-state index < -0.39 is 5.41 Å². The average molecular weight is 319 g/mol. The van der Waals surface area contributed by atoms with Crippen LogP contribution in [0.2, 0.25) is 0 Å². The van der Waals surface area contributed by atoms with Gasteiger partial charge in [0.25, 0.3) is 0 Å². The van der Waals surface area contributed by atoms with E-state index in [4.69, 9.17) is 0 Å². The summed E-state index contributed by atoms with van der Waals surface area (Å²) in [5.41, 5.74) is 2.43. The largest absolute Gasteiger partial charge is 0.372 e. The molecule has 128 valence electrons. The van der Waals surface area contributed by atoms with Gasteiger partial charge in [-0.05, 0) is 44.5 Å². The highest BCUT2D eigenvalue weighted by Gasteiger charge is 2.21. The molecule has 0 spiro atoms. The van der Waals surface area contributed by atoms with Gasteiger partial charge in [-0.1, -0.05) is 20.8 Å². The number of hydrogen-bond acceptors (Lipinski definition) is 3. The van der Waals surface area contributed by atoms with E-state index in [9.17, 15) is 9.59 Å².